The zero-order valence-electron chi connectivity index (χ0n) is 13.0. The second kappa shape index (κ2) is 7.55. The SMILES string of the molecule is Fc1ccccc1CC1CCN(CCc2ccccc2)CC1. The molecule has 1 aliphatic heterocycles. The number of piperidine rings is 1. The van der Waals surface area contributed by atoms with Gasteiger partial charge in [0.2, 0.25) is 0 Å². The van der Waals surface area contributed by atoms with E-state index in [-0.39, 0.29) is 5.82 Å². The zero-order chi connectivity index (χ0) is 15.2. The standard InChI is InChI=1S/C20H24FN/c21-20-9-5-4-8-19(20)16-18-11-14-22(15-12-18)13-10-17-6-2-1-3-7-17/h1-9,18H,10-16H2. The van der Waals surface area contributed by atoms with E-state index >= 15 is 0 Å². The molecule has 0 radical (unpaired) electrons. The van der Waals surface area contributed by atoms with E-state index in [0.717, 1.165) is 38.0 Å². The Morgan fingerprint density at radius 1 is 0.909 bits per heavy atom. The van der Waals surface area contributed by atoms with Crippen molar-refractivity contribution in [2.45, 2.75) is 25.7 Å². The lowest BCUT2D eigenvalue weighted by Gasteiger charge is -2.32. The van der Waals surface area contributed by atoms with Crippen molar-refractivity contribution in [3.05, 3.63) is 71.5 Å². The highest BCUT2D eigenvalue weighted by molar-refractivity contribution is 5.18. The van der Waals surface area contributed by atoms with Crippen LogP contribution in [0.4, 0.5) is 4.39 Å². The molecule has 1 nitrogen and oxygen atoms in total. The minimum absolute atomic E-state index is 0.0472. The van der Waals surface area contributed by atoms with Crippen LogP contribution in [0.1, 0.15) is 24.0 Å². The van der Waals surface area contributed by atoms with Crippen molar-refractivity contribution in [3.8, 4) is 0 Å². The van der Waals surface area contributed by atoms with Gasteiger partial charge in [-0.3, -0.25) is 0 Å². The molecule has 0 saturated carbocycles. The lowest BCUT2D eigenvalue weighted by atomic mass is 9.90. The van der Waals surface area contributed by atoms with Crippen molar-refractivity contribution in [3.63, 3.8) is 0 Å². The molecule has 0 amide bonds. The first-order valence-electron chi connectivity index (χ1n) is 8.31. The highest BCUT2D eigenvalue weighted by atomic mass is 19.1. The van der Waals surface area contributed by atoms with Crippen molar-refractivity contribution in [1.29, 1.82) is 0 Å². The van der Waals surface area contributed by atoms with Gasteiger partial charge in [0.05, 0.1) is 0 Å². The molecule has 2 heteroatoms. The molecule has 1 fully saturated rings. The third-order valence-electron chi connectivity index (χ3n) is 4.73. The van der Waals surface area contributed by atoms with Gasteiger partial charge in [-0.2, -0.15) is 0 Å². The summed E-state index contributed by atoms with van der Waals surface area (Å²) >= 11 is 0. The van der Waals surface area contributed by atoms with E-state index < -0.39 is 0 Å². The molecule has 0 aromatic heterocycles. The van der Waals surface area contributed by atoms with Gasteiger partial charge in [0, 0.05) is 6.54 Å². The number of hydrogen-bond donors (Lipinski definition) is 0. The minimum atomic E-state index is -0.0472. The zero-order valence-corrected chi connectivity index (χ0v) is 13.0. The number of likely N-dealkylation sites (tertiary alicyclic amines) is 1. The third kappa shape index (κ3) is 4.17. The maximum absolute atomic E-state index is 13.7. The largest absolute Gasteiger partial charge is 0.303 e. The Kier molecular flexibility index (Phi) is 5.23. The van der Waals surface area contributed by atoms with Crippen LogP contribution in [0.15, 0.2) is 54.6 Å². The fourth-order valence-corrected chi connectivity index (χ4v) is 3.32. The monoisotopic (exact) mass is 297 g/mol. The lowest BCUT2D eigenvalue weighted by molar-refractivity contribution is 0.185. The first-order chi connectivity index (χ1) is 10.8. The van der Waals surface area contributed by atoms with Gasteiger partial charge >= 0.3 is 0 Å². The second-order valence-electron chi connectivity index (χ2n) is 6.32. The van der Waals surface area contributed by atoms with E-state index in [1.54, 1.807) is 12.1 Å². The van der Waals surface area contributed by atoms with Crippen LogP contribution in [0.5, 0.6) is 0 Å². The summed E-state index contributed by atoms with van der Waals surface area (Å²) in [5, 5.41) is 0. The molecule has 116 valence electrons. The lowest BCUT2D eigenvalue weighted by Crippen LogP contribution is -2.35. The van der Waals surface area contributed by atoms with Crippen LogP contribution in [-0.4, -0.2) is 24.5 Å². The van der Waals surface area contributed by atoms with Crippen LogP contribution >= 0.6 is 0 Å². The van der Waals surface area contributed by atoms with E-state index in [1.807, 2.05) is 12.1 Å². The molecule has 22 heavy (non-hydrogen) atoms. The highest BCUT2D eigenvalue weighted by Gasteiger charge is 2.20. The van der Waals surface area contributed by atoms with E-state index in [4.69, 9.17) is 0 Å². The number of rotatable bonds is 5. The summed E-state index contributed by atoms with van der Waals surface area (Å²) in [7, 11) is 0. The minimum Gasteiger partial charge on any atom is -0.303 e. The van der Waals surface area contributed by atoms with E-state index in [1.165, 1.54) is 18.4 Å². The van der Waals surface area contributed by atoms with E-state index in [2.05, 4.69) is 35.2 Å². The molecular formula is C20H24FN. The topological polar surface area (TPSA) is 3.24 Å². The molecule has 0 unspecified atom stereocenters. The summed E-state index contributed by atoms with van der Waals surface area (Å²) in [6, 6.07) is 17.9. The molecule has 0 N–H and O–H groups in total. The van der Waals surface area contributed by atoms with Crippen molar-refractivity contribution >= 4 is 0 Å². The summed E-state index contributed by atoms with van der Waals surface area (Å²) in [6.07, 6.45) is 4.38. The average Bonchev–Trinajstić information content (AvgIpc) is 2.57. The Labute approximate surface area is 132 Å². The van der Waals surface area contributed by atoms with Crippen LogP contribution in [0, 0.1) is 11.7 Å². The molecule has 0 atom stereocenters. The fourth-order valence-electron chi connectivity index (χ4n) is 3.32. The third-order valence-corrected chi connectivity index (χ3v) is 4.73. The van der Waals surface area contributed by atoms with Crippen LogP contribution in [-0.2, 0) is 12.8 Å². The van der Waals surface area contributed by atoms with Gasteiger partial charge in [-0.05, 0) is 61.9 Å². The van der Waals surface area contributed by atoms with Gasteiger partial charge in [0.15, 0.2) is 0 Å². The van der Waals surface area contributed by atoms with Crippen molar-refractivity contribution in [1.82, 2.24) is 4.90 Å². The Bertz CT molecular complexity index is 573. The molecule has 2 aromatic carbocycles. The van der Waals surface area contributed by atoms with Crippen LogP contribution in [0.3, 0.4) is 0 Å². The number of halogens is 1. The number of benzene rings is 2. The van der Waals surface area contributed by atoms with Crippen LogP contribution < -0.4 is 0 Å². The Balaban J connectivity index is 1.44. The summed E-state index contributed by atoms with van der Waals surface area (Å²) in [5.74, 6) is 0.582. The predicted molar refractivity (Wildman–Crippen MR) is 89.4 cm³/mol. The maximum atomic E-state index is 13.7. The van der Waals surface area contributed by atoms with Gasteiger partial charge in [-0.25, -0.2) is 4.39 Å². The normalized spacial score (nSPS) is 16.8. The summed E-state index contributed by atoms with van der Waals surface area (Å²) in [5.41, 5.74) is 2.29. The maximum Gasteiger partial charge on any atom is 0.126 e. The molecule has 2 aromatic rings. The van der Waals surface area contributed by atoms with Gasteiger partial charge in [-0.1, -0.05) is 48.5 Å². The van der Waals surface area contributed by atoms with Gasteiger partial charge in [0.25, 0.3) is 0 Å². The highest BCUT2D eigenvalue weighted by Crippen LogP contribution is 2.23. The smallest absolute Gasteiger partial charge is 0.126 e. The molecule has 0 aliphatic carbocycles. The number of nitrogens with zero attached hydrogens (tertiary/aromatic N) is 1. The quantitative estimate of drug-likeness (QED) is 0.794. The Morgan fingerprint density at radius 3 is 2.32 bits per heavy atom. The first-order valence-corrected chi connectivity index (χ1v) is 8.31. The predicted octanol–water partition coefficient (Wildman–Crippen LogP) is 4.32. The summed E-state index contributed by atoms with van der Waals surface area (Å²) in [6.45, 7) is 3.42. The summed E-state index contributed by atoms with van der Waals surface area (Å²) in [4.78, 5) is 2.55. The van der Waals surface area contributed by atoms with Crippen LogP contribution in [0.25, 0.3) is 0 Å². The molecule has 1 heterocycles. The average molecular weight is 297 g/mol. The van der Waals surface area contributed by atoms with E-state index in [9.17, 15) is 4.39 Å². The van der Waals surface area contributed by atoms with Crippen molar-refractivity contribution < 1.29 is 4.39 Å². The van der Waals surface area contributed by atoms with Crippen molar-refractivity contribution in [2.75, 3.05) is 19.6 Å². The molecule has 3 rings (SSSR count). The van der Waals surface area contributed by atoms with Gasteiger partial charge in [0.1, 0.15) is 5.82 Å². The molecule has 0 spiro atoms. The first kappa shape index (κ1) is 15.2. The van der Waals surface area contributed by atoms with E-state index in [0.29, 0.717) is 5.92 Å². The molecule has 1 saturated heterocycles. The fraction of sp³-hybridized carbons (Fsp3) is 0.400. The Morgan fingerprint density at radius 2 is 1.59 bits per heavy atom. The Hall–Kier alpha value is -1.67. The molecular weight excluding hydrogens is 273 g/mol. The second-order valence-corrected chi connectivity index (χ2v) is 6.32. The van der Waals surface area contributed by atoms with Gasteiger partial charge in [-0.15, -0.1) is 0 Å². The van der Waals surface area contributed by atoms with Gasteiger partial charge < -0.3 is 4.90 Å². The molecule has 1 aliphatic rings. The van der Waals surface area contributed by atoms with Crippen LogP contribution in [0.2, 0.25) is 0 Å². The van der Waals surface area contributed by atoms with Crippen molar-refractivity contribution in [2.24, 2.45) is 5.92 Å². The molecule has 0 bridgehead atoms. The summed E-state index contributed by atoms with van der Waals surface area (Å²) < 4.78 is 13.7. The number of hydrogen-bond acceptors (Lipinski definition) is 1.